The van der Waals surface area contributed by atoms with Gasteiger partial charge in [0, 0.05) is 37.3 Å². The summed E-state index contributed by atoms with van der Waals surface area (Å²) < 4.78 is 23.5. The van der Waals surface area contributed by atoms with E-state index in [4.69, 9.17) is 0 Å². The first kappa shape index (κ1) is 19.6. The van der Waals surface area contributed by atoms with Gasteiger partial charge >= 0.3 is 0 Å². The summed E-state index contributed by atoms with van der Waals surface area (Å²) in [5.74, 6) is -0.316. The Balaban J connectivity index is 1.88. The van der Waals surface area contributed by atoms with E-state index in [-0.39, 0.29) is 34.7 Å². The SMILES string of the molecule is CCN(C(=O)c1ccc(N2CCCCC2)c([N+](=O)[O-])c1)[C@@H]1CCS(=O)(=O)C1. The first-order valence-corrected chi connectivity index (χ1v) is 11.2. The van der Waals surface area contributed by atoms with Crippen molar-refractivity contribution in [1.29, 1.82) is 0 Å². The lowest BCUT2D eigenvalue weighted by Crippen LogP contribution is -2.41. The second-order valence-corrected chi connectivity index (χ2v) is 9.39. The third-order valence-corrected chi connectivity index (χ3v) is 7.12. The number of nitro benzene ring substituents is 1. The van der Waals surface area contributed by atoms with Crippen molar-refractivity contribution in [1.82, 2.24) is 4.90 Å². The molecule has 1 amide bonds. The Morgan fingerprint density at radius 2 is 2.00 bits per heavy atom. The van der Waals surface area contributed by atoms with Gasteiger partial charge in [-0.15, -0.1) is 0 Å². The molecule has 1 aromatic rings. The number of sulfone groups is 1. The first-order valence-electron chi connectivity index (χ1n) is 9.37. The molecule has 3 rings (SSSR count). The van der Waals surface area contributed by atoms with E-state index in [0.29, 0.717) is 18.7 Å². The van der Waals surface area contributed by atoms with E-state index in [1.54, 1.807) is 19.1 Å². The molecule has 8 nitrogen and oxygen atoms in total. The van der Waals surface area contributed by atoms with Gasteiger partial charge in [-0.05, 0) is 44.7 Å². The third-order valence-electron chi connectivity index (χ3n) is 5.37. The summed E-state index contributed by atoms with van der Waals surface area (Å²) in [5, 5.41) is 11.6. The number of carbonyl (C=O) groups excluding carboxylic acids is 1. The van der Waals surface area contributed by atoms with Gasteiger partial charge in [0.2, 0.25) is 0 Å². The van der Waals surface area contributed by atoms with Crippen molar-refractivity contribution in [2.45, 2.75) is 38.6 Å². The van der Waals surface area contributed by atoms with Crippen LogP contribution in [0.5, 0.6) is 0 Å². The van der Waals surface area contributed by atoms with E-state index in [0.717, 1.165) is 32.4 Å². The molecule has 1 atom stereocenters. The number of anilines is 1. The number of hydrogen-bond acceptors (Lipinski definition) is 6. The van der Waals surface area contributed by atoms with Crippen molar-refractivity contribution in [3.05, 3.63) is 33.9 Å². The highest BCUT2D eigenvalue weighted by molar-refractivity contribution is 7.91. The zero-order valence-corrected chi connectivity index (χ0v) is 16.3. The van der Waals surface area contributed by atoms with Crippen LogP contribution in [-0.4, -0.2) is 61.3 Å². The number of amides is 1. The van der Waals surface area contributed by atoms with E-state index in [9.17, 15) is 23.3 Å². The normalized spacial score (nSPS) is 21.8. The molecule has 2 aliphatic rings. The number of rotatable bonds is 5. The molecule has 0 N–H and O–H groups in total. The quantitative estimate of drug-likeness (QED) is 0.560. The lowest BCUT2D eigenvalue weighted by molar-refractivity contribution is -0.384. The lowest BCUT2D eigenvalue weighted by atomic mass is 10.1. The topological polar surface area (TPSA) is 101 Å². The summed E-state index contributed by atoms with van der Waals surface area (Å²) in [5.41, 5.74) is 0.703. The van der Waals surface area contributed by atoms with Crippen molar-refractivity contribution < 1.29 is 18.1 Å². The molecule has 2 fully saturated rings. The smallest absolute Gasteiger partial charge is 0.293 e. The van der Waals surface area contributed by atoms with Crippen LogP contribution in [-0.2, 0) is 9.84 Å². The van der Waals surface area contributed by atoms with Crippen LogP contribution in [0.2, 0.25) is 0 Å². The molecule has 0 spiro atoms. The molecule has 0 radical (unpaired) electrons. The van der Waals surface area contributed by atoms with Crippen LogP contribution in [0, 0.1) is 10.1 Å². The van der Waals surface area contributed by atoms with Crippen LogP contribution >= 0.6 is 0 Å². The fourth-order valence-electron chi connectivity index (χ4n) is 3.96. The van der Waals surface area contributed by atoms with Crippen LogP contribution in [0.25, 0.3) is 0 Å². The molecular weight excluding hydrogens is 370 g/mol. The van der Waals surface area contributed by atoms with Crippen molar-refractivity contribution >= 4 is 27.1 Å². The van der Waals surface area contributed by atoms with Crippen LogP contribution in [0.4, 0.5) is 11.4 Å². The number of carbonyl (C=O) groups is 1. The lowest BCUT2D eigenvalue weighted by Gasteiger charge is -2.29. The number of piperidine rings is 1. The standard InChI is InChI=1S/C18H25N3O5S/c1-2-20(15-8-11-27(25,26)13-15)18(22)14-6-7-16(17(12-14)21(23)24)19-9-4-3-5-10-19/h6-7,12,15H,2-5,8-11,13H2,1H3/t15-/m1/s1. The van der Waals surface area contributed by atoms with Gasteiger partial charge in [-0.25, -0.2) is 8.42 Å². The predicted octanol–water partition coefficient (Wildman–Crippen LogP) is 2.23. The minimum absolute atomic E-state index is 0.0411. The van der Waals surface area contributed by atoms with Gasteiger partial charge in [0.25, 0.3) is 11.6 Å². The average molecular weight is 395 g/mol. The summed E-state index contributed by atoms with van der Waals surface area (Å²) in [7, 11) is -3.12. The predicted molar refractivity (Wildman–Crippen MR) is 103 cm³/mol. The summed E-state index contributed by atoms with van der Waals surface area (Å²) in [6.45, 7) is 3.70. The highest BCUT2D eigenvalue weighted by Gasteiger charge is 2.35. The number of hydrogen-bond donors (Lipinski definition) is 0. The summed E-state index contributed by atoms with van der Waals surface area (Å²) in [4.78, 5) is 27.6. The highest BCUT2D eigenvalue weighted by atomic mass is 32.2. The summed E-state index contributed by atoms with van der Waals surface area (Å²) >= 11 is 0. The molecule has 0 aliphatic carbocycles. The maximum absolute atomic E-state index is 12.9. The molecule has 9 heteroatoms. The Morgan fingerprint density at radius 1 is 1.30 bits per heavy atom. The fraction of sp³-hybridized carbons (Fsp3) is 0.611. The van der Waals surface area contributed by atoms with Gasteiger partial charge in [0.05, 0.1) is 16.4 Å². The van der Waals surface area contributed by atoms with Gasteiger partial charge in [-0.1, -0.05) is 0 Å². The molecule has 0 aromatic heterocycles. The second kappa shape index (κ2) is 7.84. The molecule has 148 valence electrons. The van der Waals surface area contributed by atoms with Crippen LogP contribution < -0.4 is 4.90 Å². The molecule has 0 bridgehead atoms. The number of nitro groups is 1. The molecule has 2 heterocycles. The maximum Gasteiger partial charge on any atom is 0.293 e. The third kappa shape index (κ3) is 4.23. The monoisotopic (exact) mass is 395 g/mol. The largest absolute Gasteiger partial charge is 0.366 e. The second-order valence-electron chi connectivity index (χ2n) is 7.16. The molecule has 2 aliphatic heterocycles. The van der Waals surface area contributed by atoms with Crippen LogP contribution in [0.15, 0.2) is 18.2 Å². The zero-order chi connectivity index (χ0) is 19.6. The zero-order valence-electron chi connectivity index (χ0n) is 15.5. The average Bonchev–Trinajstić information content (AvgIpc) is 3.02. The summed E-state index contributed by atoms with van der Waals surface area (Å²) in [6.07, 6.45) is 3.53. The van der Waals surface area contributed by atoms with Crippen LogP contribution in [0.1, 0.15) is 43.0 Å². The van der Waals surface area contributed by atoms with Crippen molar-refractivity contribution in [3.63, 3.8) is 0 Å². The maximum atomic E-state index is 12.9. The van der Waals surface area contributed by atoms with Gasteiger partial charge in [0.1, 0.15) is 5.69 Å². The van der Waals surface area contributed by atoms with Gasteiger partial charge in [-0.2, -0.15) is 0 Å². The van der Waals surface area contributed by atoms with Crippen molar-refractivity contribution in [2.24, 2.45) is 0 Å². The Morgan fingerprint density at radius 3 is 2.56 bits per heavy atom. The fourth-order valence-corrected chi connectivity index (χ4v) is 5.69. The molecule has 2 saturated heterocycles. The minimum atomic E-state index is -3.12. The summed E-state index contributed by atoms with van der Waals surface area (Å²) in [6, 6.07) is 4.23. The molecule has 0 unspecified atom stereocenters. The van der Waals surface area contributed by atoms with Gasteiger partial charge in [0.15, 0.2) is 9.84 Å². The van der Waals surface area contributed by atoms with Gasteiger partial charge < -0.3 is 9.80 Å². The number of benzene rings is 1. The molecular formula is C18H25N3O5S. The Labute approximate surface area is 159 Å². The Hall–Kier alpha value is -2.16. The first-order chi connectivity index (χ1) is 12.8. The van der Waals surface area contributed by atoms with E-state index < -0.39 is 14.8 Å². The van der Waals surface area contributed by atoms with Crippen LogP contribution in [0.3, 0.4) is 0 Å². The van der Waals surface area contributed by atoms with E-state index in [1.807, 2.05) is 4.90 Å². The van der Waals surface area contributed by atoms with E-state index >= 15 is 0 Å². The van der Waals surface area contributed by atoms with Crippen molar-refractivity contribution in [3.8, 4) is 0 Å². The van der Waals surface area contributed by atoms with E-state index in [2.05, 4.69) is 0 Å². The molecule has 1 aromatic carbocycles. The molecule has 27 heavy (non-hydrogen) atoms. The van der Waals surface area contributed by atoms with E-state index in [1.165, 1.54) is 11.0 Å². The Bertz CT molecular complexity index is 833. The van der Waals surface area contributed by atoms with Crippen molar-refractivity contribution in [2.75, 3.05) is 36.0 Å². The number of nitrogens with zero attached hydrogens (tertiary/aromatic N) is 3. The molecule has 0 saturated carbocycles. The van der Waals surface area contributed by atoms with Gasteiger partial charge in [-0.3, -0.25) is 14.9 Å². The minimum Gasteiger partial charge on any atom is -0.366 e. The highest BCUT2D eigenvalue weighted by Crippen LogP contribution is 2.32. The Kier molecular flexibility index (Phi) is 5.69.